The molecule has 3 rings (SSSR count). The van der Waals surface area contributed by atoms with Gasteiger partial charge < -0.3 is 4.74 Å². The highest BCUT2D eigenvalue weighted by Gasteiger charge is 2.30. The molecule has 0 atom stereocenters. The van der Waals surface area contributed by atoms with E-state index in [4.69, 9.17) is 0 Å². The van der Waals surface area contributed by atoms with E-state index < -0.39 is 27.0 Å². The SMILES string of the molecule is CCc1ccc2c3c(cc(S(=O)(=O)O)cc13)C(=O)OC2=O. The predicted octanol–water partition coefficient (Wildman–Crippen LogP) is 1.96. The lowest BCUT2D eigenvalue weighted by molar-refractivity contribution is 0.0391. The molecule has 0 unspecified atom stereocenters. The molecule has 0 saturated carbocycles. The maximum Gasteiger partial charge on any atom is 0.346 e. The van der Waals surface area contributed by atoms with Crippen LogP contribution >= 0.6 is 0 Å². The zero-order valence-electron chi connectivity index (χ0n) is 10.9. The van der Waals surface area contributed by atoms with Gasteiger partial charge in [0.15, 0.2) is 0 Å². The zero-order chi connectivity index (χ0) is 15.4. The largest absolute Gasteiger partial charge is 0.386 e. The van der Waals surface area contributed by atoms with Gasteiger partial charge in [-0.15, -0.1) is 0 Å². The molecule has 1 N–H and O–H groups in total. The lowest BCUT2D eigenvalue weighted by atomic mass is 9.93. The van der Waals surface area contributed by atoms with E-state index in [0.29, 0.717) is 17.2 Å². The monoisotopic (exact) mass is 306 g/mol. The van der Waals surface area contributed by atoms with Crippen molar-refractivity contribution in [3.05, 3.63) is 41.0 Å². The molecule has 0 amide bonds. The third kappa shape index (κ3) is 2.01. The summed E-state index contributed by atoms with van der Waals surface area (Å²) < 4.78 is 36.5. The van der Waals surface area contributed by atoms with Gasteiger partial charge in [-0.05, 0) is 35.6 Å². The van der Waals surface area contributed by atoms with E-state index in [-0.39, 0.29) is 11.1 Å². The highest BCUT2D eigenvalue weighted by atomic mass is 32.2. The van der Waals surface area contributed by atoms with Gasteiger partial charge in [-0.1, -0.05) is 13.0 Å². The Bertz CT molecular complexity index is 911. The molecule has 0 radical (unpaired) electrons. The summed E-state index contributed by atoms with van der Waals surface area (Å²) in [5.74, 6) is -1.68. The summed E-state index contributed by atoms with van der Waals surface area (Å²) in [5.41, 5.74) is 0.937. The van der Waals surface area contributed by atoms with E-state index in [1.165, 1.54) is 6.07 Å². The highest BCUT2D eigenvalue weighted by molar-refractivity contribution is 7.85. The zero-order valence-corrected chi connectivity index (χ0v) is 11.7. The van der Waals surface area contributed by atoms with Crippen LogP contribution in [0.5, 0.6) is 0 Å². The number of benzene rings is 2. The van der Waals surface area contributed by atoms with Gasteiger partial charge in [-0.3, -0.25) is 4.55 Å². The van der Waals surface area contributed by atoms with Crippen molar-refractivity contribution in [3.63, 3.8) is 0 Å². The summed E-state index contributed by atoms with van der Waals surface area (Å²) in [6.45, 7) is 1.86. The highest BCUT2D eigenvalue weighted by Crippen LogP contribution is 2.33. The van der Waals surface area contributed by atoms with Crippen LogP contribution in [0.15, 0.2) is 29.2 Å². The first-order valence-electron chi connectivity index (χ1n) is 6.16. The number of ether oxygens (including phenoxy) is 1. The number of cyclic esters (lactones) is 2. The first kappa shape index (κ1) is 13.7. The lowest BCUT2D eigenvalue weighted by Crippen LogP contribution is -2.20. The van der Waals surface area contributed by atoms with E-state index >= 15 is 0 Å². The molecule has 21 heavy (non-hydrogen) atoms. The molecule has 2 aromatic carbocycles. The summed E-state index contributed by atoms with van der Waals surface area (Å²) in [6.07, 6.45) is 0.578. The van der Waals surface area contributed by atoms with Crippen LogP contribution < -0.4 is 0 Å². The van der Waals surface area contributed by atoms with Gasteiger partial charge >= 0.3 is 11.9 Å². The number of carbonyl (C=O) groups excluding carboxylic acids is 2. The Morgan fingerprint density at radius 1 is 1.10 bits per heavy atom. The van der Waals surface area contributed by atoms with Crippen LogP contribution in [-0.2, 0) is 21.3 Å². The molecular weight excluding hydrogens is 296 g/mol. The van der Waals surface area contributed by atoms with Gasteiger partial charge in [0.1, 0.15) is 0 Å². The van der Waals surface area contributed by atoms with Crippen LogP contribution in [0, 0.1) is 0 Å². The molecular formula is C14H10O6S. The van der Waals surface area contributed by atoms with Crippen LogP contribution in [-0.4, -0.2) is 24.9 Å². The molecule has 2 aromatic rings. The minimum atomic E-state index is -4.47. The number of hydrogen-bond acceptors (Lipinski definition) is 5. The third-order valence-electron chi connectivity index (χ3n) is 3.48. The molecule has 0 spiro atoms. The average Bonchev–Trinajstić information content (AvgIpc) is 2.42. The number of aryl methyl sites for hydroxylation is 1. The maximum absolute atomic E-state index is 11.8. The van der Waals surface area contributed by atoms with Gasteiger partial charge in [-0.25, -0.2) is 9.59 Å². The van der Waals surface area contributed by atoms with Crippen molar-refractivity contribution in [1.29, 1.82) is 0 Å². The summed E-state index contributed by atoms with van der Waals surface area (Å²) in [5, 5.41) is 0.813. The summed E-state index contributed by atoms with van der Waals surface area (Å²) in [7, 11) is -4.47. The Morgan fingerprint density at radius 3 is 2.38 bits per heavy atom. The van der Waals surface area contributed by atoms with Crippen LogP contribution in [0.1, 0.15) is 33.2 Å². The quantitative estimate of drug-likeness (QED) is 0.517. The predicted molar refractivity (Wildman–Crippen MR) is 72.9 cm³/mol. The smallest absolute Gasteiger partial charge is 0.346 e. The number of carbonyl (C=O) groups is 2. The van der Waals surface area contributed by atoms with Gasteiger partial charge in [0, 0.05) is 5.39 Å². The fraction of sp³-hybridized carbons (Fsp3) is 0.143. The topological polar surface area (TPSA) is 97.7 Å². The molecule has 1 aliphatic rings. The van der Waals surface area contributed by atoms with Crippen molar-refractivity contribution in [3.8, 4) is 0 Å². The first-order chi connectivity index (χ1) is 9.82. The van der Waals surface area contributed by atoms with Crippen LogP contribution in [0.4, 0.5) is 0 Å². The van der Waals surface area contributed by atoms with Crippen molar-refractivity contribution in [1.82, 2.24) is 0 Å². The van der Waals surface area contributed by atoms with Gasteiger partial charge in [0.2, 0.25) is 0 Å². The second-order valence-electron chi connectivity index (χ2n) is 4.67. The Labute approximate surface area is 120 Å². The summed E-state index contributed by atoms with van der Waals surface area (Å²) in [4.78, 5) is 23.2. The summed E-state index contributed by atoms with van der Waals surface area (Å²) >= 11 is 0. The minimum absolute atomic E-state index is 0.0370. The van der Waals surface area contributed by atoms with Crippen molar-refractivity contribution >= 4 is 32.8 Å². The average molecular weight is 306 g/mol. The lowest BCUT2D eigenvalue weighted by Gasteiger charge is -2.18. The van der Waals surface area contributed by atoms with E-state index in [9.17, 15) is 22.6 Å². The van der Waals surface area contributed by atoms with Gasteiger partial charge in [0.25, 0.3) is 10.1 Å². The Hall–Kier alpha value is -2.25. The van der Waals surface area contributed by atoms with E-state index in [1.807, 2.05) is 6.92 Å². The molecule has 0 fully saturated rings. The molecule has 7 heteroatoms. The van der Waals surface area contributed by atoms with Crippen molar-refractivity contribution in [2.75, 3.05) is 0 Å². The number of hydrogen-bond donors (Lipinski definition) is 1. The number of esters is 2. The minimum Gasteiger partial charge on any atom is -0.386 e. The molecule has 0 aromatic heterocycles. The third-order valence-corrected chi connectivity index (χ3v) is 4.31. The number of rotatable bonds is 2. The molecule has 1 heterocycles. The van der Waals surface area contributed by atoms with Gasteiger partial charge in [0.05, 0.1) is 16.0 Å². The maximum atomic E-state index is 11.8. The molecule has 0 aliphatic carbocycles. The molecule has 0 saturated heterocycles. The normalized spacial score (nSPS) is 14.4. The van der Waals surface area contributed by atoms with Crippen LogP contribution in [0.25, 0.3) is 10.8 Å². The first-order valence-corrected chi connectivity index (χ1v) is 7.60. The molecule has 6 nitrogen and oxygen atoms in total. The van der Waals surface area contributed by atoms with E-state index in [1.54, 1.807) is 12.1 Å². The molecule has 0 bridgehead atoms. The molecule has 1 aliphatic heterocycles. The van der Waals surface area contributed by atoms with Crippen molar-refractivity contribution < 1.29 is 27.3 Å². The second-order valence-corrected chi connectivity index (χ2v) is 6.09. The van der Waals surface area contributed by atoms with Crippen molar-refractivity contribution in [2.45, 2.75) is 18.2 Å². The van der Waals surface area contributed by atoms with E-state index in [2.05, 4.69) is 4.74 Å². The van der Waals surface area contributed by atoms with Crippen LogP contribution in [0.3, 0.4) is 0 Å². The molecule has 108 valence electrons. The van der Waals surface area contributed by atoms with Crippen LogP contribution in [0.2, 0.25) is 0 Å². The fourth-order valence-electron chi connectivity index (χ4n) is 2.50. The Kier molecular flexibility index (Phi) is 2.86. The summed E-state index contributed by atoms with van der Waals surface area (Å²) in [6, 6.07) is 5.51. The fourth-order valence-corrected chi connectivity index (χ4v) is 3.03. The van der Waals surface area contributed by atoms with E-state index in [0.717, 1.165) is 11.6 Å². The van der Waals surface area contributed by atoms with Gasteiger partial charge in [-0.2, -0.15) is 8.42 Å². The Morgan fingerprint density at radius 2 is 1.76 bits per heavy atom. The standard InChI is InChI=1S/C14H10O6S/c1-2-7-3-4-9-12-10(7)5-8(21(17,18)19)6-11(12)14(16)20-13(9)15/h3-6H,2H2,1H3,(H,17,18,19). The Balaban J connectivity index is 2.55. The van der Waals surface area contributed by atoms with Crippen molar-refractivity contribution in [2.24, 2.45) is 0 Å². The second kappa shape index (κ2) is 4.37.